The molecule has 0 atom stereocenters. The quantitative estimate of drug-likeness (QED) is 0.502. The van der Waals surface area contributed by atoms with Crippen molar-refractivity contribution in [3.63, 3.8) is 0 Å². The fourth-order valence-corrected chi connectivity index (χ4v) is 2.35. The second-order valence-electron chi connectivity index (χ2n) is 7.99. The topological polar surface area (TPSA) is 84.0 Å². The van der Waals surface area contributed by atoms with Gasteiger partial charge in [0.05, 0.1) is 12.1 Å². The number of hydrogen-bond acceptors (Lipinski definition) is 4. The van der Waals surface area contributed by atoms with E-state index >= 15 is 0 Å². The van der Waals surface area contributed by atoms with Crippen LogP contribution in [0.4, 0.5) is 4.79 Å². The van der Waals surface area contributed by atoms with Gasteiger partial charge in [-0.3, -0.25) is 4.99 Å². The minimum Gasteiger partial charge on any atom is -0.444 e. The third-order valence-corrected chi connectivity index (χ3v) is 3.63. The molecule has 0 saturated heterocycles. The van der Waals surface area contributed by atoms with Gasteiger partial charge in [0.1, 0.15) is 5.60 Å². The van der Waals surface area contributed by atoms with Crippen molar-refractivity contribution in [3.8, 4) is 0 Å². The first-order valence-electron chi connectivity index (χ1n) is 9.08. The summed E-state index contributed by atoms with van der Waals surface area (Å²) in [5.41, 5.74) is 1.25. The van der Waals surface area contributed by atoms with E-state index in [0.717, 1.165) is 11.1 Å². The van der Waals surface area contributed by atoms with E-state index in [1.54, 1.807) is 14.2 Å². The Morgan fingerprint density at radius 2 is 1.70 bits per heavy atom. The van der Waals surface area contributed by atoms with Gasteiger partial charge in [-0.2, -0.15) is 0 Å². The van der Waals surface area contributed by atoms with Crippen LogP contribution in [-0.4, -0.2) is 43.9 Å². The molecule has 0 spiro atoms. The minimum absolute atomic E-state index is 0.439. The summed E-state index contributed by atoms with van der Waals surface area (Å²) in [7, 11) is 3.40. The maximum absolute atomic E-state index is 12.0. The number of alkyl carbamates (subject to hydrolysis) is 1. The monoisotopic (exact) mass is 378 g/mol. The summed E-state index contributed by atoms with van der Waals surface area (Å²) in [6.45, 7) is 11.0. The van der Waals surface area contributed by atoms with Crippen LogP contribution in [0.2, 0.25) is 0 Å². The maximum Gasteiger partial charge on any atom is 0.408 e. The van der Waals surface area contributed by atoms with E-state index in [0.29, 0.717) is 25.7 Å². The van der Waals surface area contributed by atoms with Crippen molar-refractivity contribution >= 4 is 12.1 Å². The van der Waals surface area contributed by atoms with Gasteiger partial charge in [0.2, 0.25) is 0 Å². The van der Waals surface area contributed by atoms with Gasteiger partial charge in [-0.25, -0.2) is 4.79 Å². The molecular weight excluding hydrogens is 344 g/mol. The van der Waals surface area contributed by atoms with E-state index < -0.39 is 17.2 Å². The summed E-state index contributed by atoms with van der Waals surface area (Å²) >= 11 is 0. The summed E-state index contributed by atoms with van der Waals surface area (Å²) in [6, 6.07) is 8.10. The summed E-state index contributed by atoms with van der Waals surface area (Å²) < 4.78 is 10.6. The Labute approximate surface area is 162 Å². The largest absolute Gasteiger partial charge is 0.444 e. The highest BCUT2D eigenvalue weighted by Crippen LogP contribution is 2.10. The van der Waals surface area contributed by atoms with Crippen LogP contribution in [0.15, 0.2) is 29.3 Å². The van der Waals surface area contributed by atoms with E-state index in [1.807, 2.05) is 52.8 Å². The van der Waals surface area contributed by atoms with E-state index in [9.17, 15) is 4.79 Å². The van der Waals surface area contributed by atoms with Crippen LogP contribution in [0.1, 0.15) is 45.7 Å². The number of aliphatic imine (C=N–C) groups is 1. The number of nitrogens with zero attached hydrogens (tertiary/aromatic N) is 1. The SMILES string of the molecule is CN=C(NCc1ccccc1COC)NCC(C)(C)NC(=O)OC(C)(C)C. The highest BCUT2D eigenvalue weighted by molar-refractivity contribution is 5.79. The van der Waals surface area contributed by atoms with Gasteiger partial charge in [0.15, 0.2) is 5.96 Å². The molecular formula is C20H34N4O3. The second kappa shape index (κ2) is 10.2. The van der Waals surface area contributed by atoms with Crippen LogP contribution >= 0.6 is 0 Å². The third kappa shape index (κ3) is 9.28. The van der Waals surface area contributed by atoms with Crippen molar-refractivity contribution in [1.29, 1.82) is 0 Å². The van der Waals surface area contributed by atoms with Crippen molar-refractivity contribution in [2.75, 3.05) is 20.7 Å². The van der Waals surface area contributed by atoms with Crippen molar-refractivity contribution in [2.24, 2.45) is 4.99 Å². The lowest BCUT2D eigenvalue weighted by atomic mass is 10.1. The highest BCUT2D eigenvalue weighted by atomic mass is 16.6. The van der Waals surface area contributed by atoms with Crippen LogP contribution < -0.4 is 16.0 Å². The molecule has 1 amide bonds. The van der Waals surface area contributed by atoms with Crippen molar-refractivity contribution in [3.05, 3.63) is 35.4 Å². The van der Waals surface area contributed by atoms with Gasteiger partial charge in [-0.15, -0.1) is 0 Å². The van der Waals surface area contributed by atoms with Gasteiger partial charge in [-0.05, 0) is 45.7 Å². The number of amides is 1. The Morgan fingerprint density at radius 3 is 2.26 bits per heavy atom. The van der Waals surface area contributed by atoms with Gasteiger partial charge in [0.25, 0.3) is 0 Å². The number of benzene rings is 1. The fourth-order valence-electron chi connectivity index (χ4n) is 2.35. The number of methoxy groups -OCH3 is 1. The molecule has 3 N–H and O–H groups in total. The first kappa shape index (κ1) is 22.8. The molecule has 0 aliphatic rings. The molecule has 0 bridgehead atoms. The van der Waals surface area contributed by atoms with E-state index in [1.165, 1.54) is 0 Å². The molecule has 152 valence electrons. The Kier molecular flexibility index (Phi) is 8.56. The van der Waals surface area contributed by atoms with Gasteiger partial charge in [0, 0.05) is 27.2 Å². The number of hydrogen-bond donors (Lipinski definition) is 3. The molecule has 0 saturated carbocycles. The first-order chi connectivity index (χ1) is 12.6. The maximum atomic E-state index is 12.0. The smallest absolute Gasteiger partial charge is 0.408 e. The number of nitrogens with one attached hydrogen (secondary N) is 3. The summed E-state index contributed by atoms with van der Waals surface area (Å²) in [5.74, 6) is 0.654. The van der Waals surface area contributed by atoms with Crippen molar-refractivity contribution in [1.82, 2.24) is 16.0 Å². The zero-order valence-corrected chi connectivity index (χ0v) is 17.6. The van der Waals surface area contributed by atoms with Crippen molar-refractivity contribution < 1.29 is 14.3 Å². The second-order valence-corrected chi connectivity index (χ2v) is 7.99. The molecule has 0 heterocycles. The lowest BCUT2D eigenvalue weighted by Gasteiger charge is -2.29. The first-order valence-corrected chi connectivity index (χ1v) is 9.08. The summed E-state index contributed by atoms with van der Waals surface area (Å²) in [4.78, 5) is 16.2. The molecule has 0 radical (unpaired) electrons. The lowest BCUT2D eigenvalue weighted by Crippen LogP contribution is -2.54. The third-order valence-electron chi connectivity index (χ3n) is 3.63. The van der Waals surface area contributed by atoms with Gasteiger partial charge >= 0.3 is 6.09 Å². The Balaban J connectivity index is 2.55. The van der Waals surface area contributed by atoms with E-state index in [4.69, 9.17) is 9.47 Å². The summed E-state index contributed by atoms with van der Waals surface area (Å²) in [5, 5.41) is 9.39. The predicted octanol–water partition coefficient (Wildman–Crippen LogP) is 2.80. The average molecular weight is 379 g/mol. The standard InChI is InChI=1S/C20H34N4O3/c1-19(2,3)27-18(25)24-20(4,5)14-23-17(21-6)22-12-15-10-8-9-11-16(15)13-26-7/h8-11H,12-14H2,1-7H3,(H,24,25)(H2,21,22,23). The Hall–Kier alpha value is -2.28. The van der Waals surface area contributed by atoms with Crippen molar-refractivity contribution in [2.45, 2.75) is 58.9 Å². The van der Waals surface area contributed by atoms with Gasteiger partial charge < -0.3 is 25.4 Å². The molecule has 7 heteroatoms. The van der Waals surface area contributed by atoms with Crippen LogP contribution in [0.25, 0.3) is 0 Å². The molecule has 0 fully saturated rings. The average Bonchev–Trinajstić information content (AvgIpc) is 2.54. The van der Waals surface area contributed by atoms with Crippen LogP contribution in [0.5, 0.6) is 0 Å². The fraction of sp³-hybridized carbons (Fsp3) is 0.600. The van der Waals surface area contributed by atoms with E-state index in [-0.39, 0.29) is 0 Å². The molecule has 1 rings (SSSR count). The molecule has 1 aromatic rings. The summed E-state index contributed by atoms with van der Waals surface area (Å²) in [6.07, 6.45) is -0.439. The van der Waals surface area contributed by atoms with Crippen LogP contribution in [-0.2, 0) is 22.6 Å². The number of guanidine groups is 1. The Morgan fingerprint density at radius 1 is 1.07 bits per heavy atom. The Bertz CT molecular complexity index is 636. The van der Waals surface area contributed by atoms with Crippen LogP contribution in [0.3, 0.4) is 0 Å². The normalized spacial score (nSPS) is 12.5. The minimum atomic E-state index is -0.527. The molecule has 0 unspecified atom stereocenters. The number of carbonyl (C=O) groups is 1. The molecule has 0 aliphatic carbocycles. The number of carbonyl (C=O) groups excluding carboxylic acids is 1. The zero-order valence-electron chi connectivity index (χ0n) is 17.6. The van der Waals surface area contributed by atoms with Crippen LogP contribution in [0, 0.1) is 0 Å². The number of rotatable bonds is 7. The number of ether oxygens (including phenoxy) is 2. The van der Waals surface area contributed by atoms with Gasteiger partial charge in [-0.1, -0.05) is 24.3 Å². The molecule has 1 aromatic carbocycles. The predicted molar refractivity (Wildman–Crippen MR) is 109 cm³/mol. The lowest BCUT2D eigenvalue weighted by molar-refractivity contribution is 0.0474. The molecule has 0 aromatic heterocycles. The highest BCUT2D eigenvalue weighted by Gasteiger charge is 2.24. The molecule has 7 nitrogen and oxygen atoms in total. The molecule has 27 heavy (non-hydrogen) atoms. The molecule has 0 aliphatic heterocycles. The zero-order chi connectivity index (χ0) is 20.5. The van der Waals surface area contributed by atoms with E-state index in [2.05, 4.69) is 27.0 Å².